The number of rotatable bonds is 6. The fraction of sp³-hybridized carbons (Fsp3) is 0.438. The molecule has 3 unspecified atom stereocenters. The zero-order valence-corrected chi connectivity index (χ0v) is 15.3. The summed E-state index contributed by atoms with van der Waals surface area (Å²) in [5.74, 6) is -1.05. The molecule has 0 bridgehead atoms. The number of imidazole rings is 1. The molecule has 4 N–H and O–H groups in total. The molecule has 3 heterocycles. The summed E-state index contributed by atoms with van der Waals surface area (Å²) in [4.78, 5) is 34.6. The van der Waals surface area contributed by atoms with Crippen molar-refractivity contribution >= 4 is 40.5 Å². The van der Waals surface area contributed by atoms with E-state index < -0.39 is 35.8 Å². The Morgan fingerprint density at radius 3 is 2.79 bits per heavy atom. The second-order valence-electron chi connectivity index (χ2n) is 6.29. The first kappa shape index (κ1) is 19.8. The Kier molecular flexibility index (Phi) is 5.12. The van der Waals surface area contributed by atoms with Gasteiger partial charge >= 0.3 is 11.9 Å². The molecule has 0 aromatic carbocycles. The summed E-state index contributed by atoms with van der Waals surface area (Å²) >= 11 is 5.86. The van der Waals surface area contributed by atoms with E-state index in [1.807, 2.05) is 0 Å². The van der Waals surface area contributed by atoms with Gasteiger partial charge in [0.1, 0.15) is 11.7 Å². The number of terminal acetylenes is 1. The average molecular weight is 410 g/mol. The van der Waals surface area contributed by atoms with Crippen molar-refractivity contribution in [3.05, 3.63) is 11.6 Å². The number of hydrogen-bond donors (Lipinski definition) is 3. The number of nitrogens with two attached hydrogens (primary N) is 1. The number of aromatic nitrogens is 4. The fourth-order valence-electron chi connectivity index (χ4n) is 2.82. The van der Waals surface area contributed by atoms with Crippen molar-refractivity contribution in [1.29, 1.82) is 0 Å². The summed E-state index contributed by atoms with van der Waals surface area (Å²) < 4.78 is 12.6. The van der Waals surface area contributed by atoms with Crippen molar-refractivity contribution in [1.82, 2.24) is 19.5 Å². The van der Waals surface area contributed by atoms with Crippen LogP contribution in [0, 0.1) is 18.3 Å². The van der Waals surface area contributed by atoms with Crippen LogP contribution in [0.3, 0.4) is 0 Å². The van der Waals surface area contributed by atoms with E-state index in [0.717, 1.165) is 6.92 Å². The van der Waals surface area contributed by atoms with Gasteiger partial charge in [0.2, 0.25) is 5.28 Å². The third-order valence-corrected chi connectivity index (χ3v) is 4.70. The van der Waals surface area contributed by atoms with Crippen LogP contribution in [0.2, 0.25) is 5.28 Å². The van der Waals surface area contributed by atoms with Gasteiger partial charge in [-0.05, 0) is 18.5 Å². The lowest BCUT2D eigenvalue weighted by Gasteiger charge is -2.23. The maximum absolute atomic E-state index is 11.2. The number of carboxylic acids is 2. The normalized spacial score (nSPS) is 22.2. The molecule has 11 nitrogen and oxygen atoms in total. The highest BCUT2D eigenvalue weighted by Gasteiger charge is 2.45. The van der Waals surface area contributed by atoms with Crippen LogP contribution >= 0.6 is 11.6 Å². The van der Waals surface area contributed by atoms with Crippen LogP contribution in [0.4, 0.5) is 5.82 Å². The van der Waals surface area contributed by atoms with Gasteiger partial charge in [0.25, 0.3) is 5.60 Å². The zero-order chi connectivity index (χ0) is 20.6. The van der Waals surface area contributed by atoms with Crippen molar-refractivity contribution in [2.75, 3.05) is 12.3 Å². The number of aliphatic carboxylic acids is 2. The highest BCUT2D eigenvalue weighted by Crippen LogP contribution is 2.36. The average Bonchev–Trinajstić information content (AvgIpc) is 3.22. The van der Waals surface area contributed by atoms with E-state index >= 15 is 0 Å². The number of carbonyl (C=O) groups is 2. The molecule has 148 valence electrons. The van der Waals surface area contributed by atoms with Gasteiger partial charge in [0.05, 0.1) is 25.0 Å². The predicted octanol–water partition coefficient (Wildman–Crippen LogP) is 0.543. The summed E-state index contributed by atoms with van der Waals surface area (Å²) in [5, 5.41) is 18.2. The van der Waals surface area contributed by atoms with Gasteiger partial charge in [0.15, 0.2) is 11.5 Å². The Morgan fingerprint density at radius 2 is 2.18 bits per heavy atom. The number of hydrogen-bond acceptors (Lipinski definition) is 8. The van der Waals surface area contributed by atoms with Gasteiger partial charge in [-0.2, -0.15) is 9.97 Å². The topological polar surface area (TPSA) is 163 Å². The summed E-state index contributed by atoms with van der Waals surface area (Å²) in [5.41, 5.74) is 4.06. The molecule has 1 fully saturated rings. The van der Waals surface area contributed by atoms with Crippen molar-refractivity contribution < 1.29 is 29.3 Å². The van der Waals surface area contributed by atoms with Crippen LogP contribution in [0.15, 0.2) is 6.33 Å². The highest BCUT2D eigenvalue weighted by atomic mass is 35.5. The van der Waals surface area contributed by atoms with Crippen LogP contribution in [-0.2, 0) is 19.1 Å². The van der Waals surface area contributed by atoms with E-state index in [1.165, 1.54) is 6.33 Å². The minimum absolute atomic E-state index is 0.0585. The number of anilines is 1. The van der Waals surface area contributed by atoms with E-state index in [4.69, 9.17) is 43.4 Å². The molecule has 2 aromatic heterocycles. The summed E-state index contributed by atoms with van der Waals surface area (Å²) in [6.45, 7) is 0.616. The quantitative estimate of drug-likeness (QED) is 0.348. The molecule has 2 aromatic rings. The van der Waals surface area contributed by atoms with Gasteiger partial charge in [-0.25, -0.2) is 14.6 Å². The Labute approximate surface area is 163 Å². The van der Waals surface area contributed by atoms with E-state index in [1.54, 1.807) is 4.57 Å². The number of nitrogens with zero attached hydrogens (tertiary/aromatic N) is 4. The Hall–Kier alpha value is -2.94. The molecule has 0 saturated carbocycles. The number of carboxylic acid groups (broad SMARTS) is 2. The van der Waals surface area contributed by atoms with Gasteiger partial charge in [-0.3, -0.25) is 4.57 Å². The second kappa shape index (κ2) is 7.23. The van der Waals surface area contributed by atoms with Crippen LogP contribution in [0.1, 0.15) is 19.6 Å². The van der Waals surface area contributed by atoms with E-state index in [0.29, 0.717) is 17.6 Å². The van der Waals surface area contributed by atoms with Crippen molar-refractivity contribution in [2.45, 2.75) is 31.3 Å². The fourth-order valence-corrected chi connectivity index (χ4v) is 2.99. The Morgan fingerprint density at radius 1 is 1.50 bits per heavy atom. The highest BCUT2D eigenvalue weighted by molar-refractivity contribution is 6.28. The van der Waals surface area contributed by atoms with Gasteiger partial charge in [-0.1, -0.05) is 0 Å². The molecule has 0 spiro atoms. The van der Waals surface area contributed by atoms with E-state index in [2.05, 4.69) is 20.9 Å². The number of fused-ring (bicyclic) bond motifs is 1. The lowest BCUT2D eigenvalue weighted by molar-refractivity contribution is -0.185. The standard InChI is InChI=1S/C16H16ClN5O6/c1-3-7-4-9(22-6-19-10-11(18)20-15(17)21-12(10)22)28-8(7)5-27-16(2,13(23)24)14(25)26/h1,6-9H,4-5H2,2H3,(H,23,24)(H,25,26)(H2,18,20,21). The van der Waals surface area contributed by atoms with Crippen molar-refractivity contribution in [3.63, 3.8) is 0 Å². The first-order chi connectivity index (χ1) is 13.2. The third kappa shape index (κ3) is 3.33. The molecule has 3 atom stereocenters. The monoisotopic (exact) mass is 409 g/mol. The zero-order valence-electron chi connectivity index (χ0n) is 14.6. The van der Waals surface area contributed by atoms with Crippen LogP contribution in [-0.4, -0.2) is 60.0 Å². The first-order valence-corrected chi connectivity index (χ1v) is 8.43. The molecule has 1 aliphatic rings. The lowest BCUT2D eigenvalue weighted by Crippen LogP contribution is -2.48. The Balaban J connectivity index is 1.82. The largest absolute Gasteiger partial charge is 0.479 e. The van der Waals surface area contributed by atoms with Gasteiger partial charge in [-0.15, -0.1) is 12.3 Å². The molecule has 12 heteroatoms. The summed E-state index contributed by atoms with van der Waals surface area (Å²) in [6, 6.07) is 0. The maximum Gasteiger partial charge on any atom is 0.347 e. The minimum Gasteiger partial charge on any atom is -0.479 e. The first-order valence-electron chi connectivity index (χ1n) is 8.05. The van der Waals surface area contributed by atoms with Crippen molar-refractivity contribution in [2.24, 2.45) is 5.92 Å². The molecule has 1 aliphatic heterocycles. The molecular formula is C16H16ClN5O6. The molecular weight excluding hydrogens is 394 g/mol. The maximum atomic E-state index is 11.2. The summed E-state index contributed by atoms with van der Waals surface area (Å²) in [7, 11) is 0. The SMILES string of the molecule is C#CC1CC(n2cnc3c(N)nc(Cl)nc32)OC1COC(C)(C(=O)O)C(=O)O. The molecule has 0 aliphatic carbocycles. The Bertz CT molecular complexity index is 972. The predicted molar refractivity (Wildman–Crippen MR) is 95.2 cm³/mol. The number of halogens is 1. The molecule has 1 saturated heterocycles. The number of nitrogen functional groups attached to an aromatic ring is 1. The lowest BCUT2D eigenvalue weighted by atomic mass is 10.0. The van der Waals surface area contributed by atoms with Crippen LogP contribution < -0.4 is 5.73 Å². The smallest absolute Gasteiger partial charge is 0.347 e. The van der Waals surface area contributed by atoms with Crippen molar-refractivity contribution in [3.8, 4) is 12.3 Å². The molecule has 0 amide bonds. The third-order valence-electron chi connectivity index (χ3n) is 4.53. The van der Waals surface area contributed by atoms with E-state index in [-0.39, 0.29) is 17.7 Å². The second-order valence-corrected chi connectivity index (χ2v) is 6.63. The van der Waals surface area contributed by atoms with Gasteiger partial charge < -0.3 is 25.4 Å². The minimum atomic E-state index is -2.42. The molecule has 28 heavy (non-hydrogen) atoms. The summed E-state index contributed by atoms with van der Waals surface area (Å²) in [6.07, 6.45) is 6.00. The van der Waals surface area contributed by atoms with Gasteiger partial charge in [0, 0.05) is 6.42 Å². The molecule has 0 radical (unpaired) electrons. The van der Waals surface area contributed by atoms with Crippen LogP contribution in [0.5, 0.6) is 0 Å². The number of ether oxygens (including phenoxy) is 2. The van der Waals surface area contributed by atoms with E-state index in [9.17, 15) is 9.59 Å². The molecule has 3 rings (SSSR count). The van der Waals surface area contributed by atoms with Crippen LogP contribution in [0.25, 0.3) is 11.2 Å².